The second-order valence-corrected chi connectivity index (χ2v) is 7.10. The van der Waals surface area contributed by atoms with E-state index in [-0.39, 0.29) is 6.10 Å². The zero-order chi connectivity index (χ0) is 20.6. The summed E-state index contributed by atoms with van der Waals surface area (Å²) < 4.78 is 11.1. The van der Waals surface area contributed by atoms with E-state index in [1.165, 1.54) is 11.1 Å². The van der Waals surface area contributed by atoms with E-state index in [2.05, 4.69) is 49.4 Å². The van der Waals surface area contributed by atoms with Gasteiger partial charge in [0.1, 0.15) is 17.3 Å². The number of amidine groups is 1. The normalized spacial score (nSPS) is 12.7. The van der Waals surface area contributed by atoms with Crippen molar-refractivity contribution in [3.05, 3.63) is 52.8 Å². The first-order valence-electron chi connectivity index (χ1n) is 9.64. The minimum Gasteiger partial charge on any atom is -0.497 e. The van der Waals surface area contributed by atoms with Gasteiger partial charge in [-0.15, -0.1) is 0 Å². The largest absolute Gasteiger partial charge is 0.497 e. The predicted molar refractivity (Wildman–Crippen MR) is 116 cm³/mol. The molecule has 0 heterocycles. The van der Waals surface area contributed by atoms with Gasteiger partial charge in [0.05, 0.1) is 13.2 Å². The third-order valence-electron chi connectivity index (χ3n) is 4.61. The molecule has 1 aromatic carbocycles. The maximum Gasteiger partial charge on any atom is 0.126 e. The van der Waals surface area contributed by atoms with Crippen molar-refractivity contribution in [1.82, 2.24) is 4.90 Å². The molecule has 0 aliphatic heterocycles. The molecule has 0 N–H and O–H groups in total. The fourth-order valence-corrected chi connectivity index (χ4v) is 3.00. The number of aliphatic imine (C=N–C) groups is 1. The highest BCUT2D eigenvalue weighted by Crippen LogP contribution is 2.22. The van der Waals surface area contributed by atoms with Crippen LogP contribution < -0.4 is 4.74 Å². The van der Waals surface area contributed by atoms with Gasteiger partial charge in [0, 0.05) is 20.1 Å². The van der Waals surface area contributed by atoms with Gasteiger partial charge in [0.25, 0.3) is 0 Å². The van der Waals surface area contributed by atoms with Gasteiger partial charge >= 0.3 is 0 Å². The molecule has 1 aromatic rings. The molecule has 0 spiro atoms. The van der Waals surface area contributed by atoms with E-state index in [0.29, 0.717) is 5.76 Å². The number of benzene rings is 1. The van der Waals surface area contributed by atoms with Gasteiger partial charge < -0.3 is 14.4 Å². The van der Waals surface area contributed by atoms with Gasteiger partial charge in [0.15, 0.2) is 0 Å². The number of nitrogens with zero attached hydrogens (tertiary/aromatic N) is 2. The van der Waals surface area contributed by atoms with Crippen molar-refractivity contribution in [2.45, 2.75) is 60.6 Å². The number of aryl methyl sites for hydroxylation is 1. The van der Waals surface area contributed by atoms with E-state index in [4.69, 9.17) is 9.47 Å². The number of ether oxygens (including phenoxy) is 2. The van der Waals surface area contributed by atoms with Gasteiger partial charge in [-0.05, 0) is 75.4 Å². The summed E-state index contributed by atoms with van der Waals surface area (Å²) in [5, 5.41) is 0. The third-order valence-corrected chi connectivity index (χ3v) is 4.61. The van der Waals surface area contributed by atoms with Crippen LogP contribution in [0.1, 0.15) is 52.2 Å². The second kappa shape index (κ2) is 10.8. The first-order chi connectivity index (χ1) is 12.7. The quantitative estimate of drug-likeness (QED) is 0.248. The van der Waals surface area contributed by atoms with Crippen LogP contribution >= 0.6 is 0 Å². The molecule has 0 unspecified atom stereocenters. The van der Waals surface area contributed by atoms with Gasteiger partial charge in [-0.25, -0.2) is 0 Å². The van der Waals surface area contributed by atoms with Crippen LogP contribution in [0.2, 0.25) is 0 Å². The van der Waals surface area contributed by atoms with E-state index in [1.54, 1.807) is 7.11 Å². The molecule has 0 aromatic heterocycles. The van der Waals surface area contributed by atoms with Crippen molar-refractivity contribution in [2.75, 3.05) is 20.7 Å². The minimum atomic E-state index is 0.107. The van der Waals surface area contributed by atoms with Crippen molar-refractivity contribution in [3.63, 3.8) is 0 Å². The van der Waals surface area contributed by atoms with Crippen molar-refractivity contribution >= 4 is 5.84 Å². The maximum atomic E-state index is 5.79. The van der Waals surface area contributed by atoms with Crippen LogP contribution in [-0.4, -0.2) is 37.5 Å². The first-order valence-corrected chi connectivity index (χ1v) is 9.64. The molecule has 0 atom stereocenters. The van der Waals surface area contributed by atoms with E-state index < -0.39 is 0 Å². The fraction of sp³-hybridized carbons (Fsp3) is 0.522. The number of methoxy groups -OCH3 is 1. The van der Waals surface area contributed by atoms with Crippen LogP contribution in [0, 0.1) is 6.92 Å². The molecule has 4 nitrogen and oxygen atoms in total. The Morgan fingerprint density at radius 3 is 2.37 bits per heavy atom. The number of rotatable bonds is 9. The highest BCUT2D eigenvalue weighted by Gasteiger charge is 2.17. The van der Waals surface area contributed by atoms with Crippen molar-refractivity contribution in [1.29, 1.82) is 0 Å². The van der Waals surface area contributed by atoms with Crippen LogP contribution in [0.3, 0.4) is 0 Å². The first kappa shape index (κ1) is 22.8. The molecule has 1 rings (SSSR count). The molecule has 4 heteroatoms. The van der Waals surface area contributed by atoms with Crippen LogP contribution in [0.5, 0.6) is 5.75 Å². The van der Waals surface area contributed by atoms with Crippen LogP contribution in [0.4, 0.5) is 0 Å². The number of allylic oxidation sites excluding steroid dienone is 1. The van der Waals surface area contributed by atoms with E-state index in [9.17, 15) is 0 Å². The lowest BCUT2D eigenvalue weighted by atomic mass is 10.0. The molecule has 150 valence electrons. The molecule has 0 saturated heterocycles. The molecule has 0 aliphatic carbocycles. The van der Waals surface area contributed by atoms with E-state index in [1.807, 2.05) is 33.9 Å². The zero-order valence-corrected chi connectivity index (χ0v) is 18.3. The smallest absolute Gasteiger partial charge is 0.126 e. The van der Waals surface area contributed by atoms with Crippen LogP contribution in [-0.2, 0) is 11.3 Å². The molecule has 0 amide bonds. The Morgan fingerprint density at radius 2 is 1.89 bits per heavy atom. The number of hydrogen-bond acceptors (Lipinski definition) is 3. The topological polar surface area (TPSA) is 34.1 Å². The Bertz CT molecular complexity index is 702. The summed E-state index contributed by atoms with van der Waals surface area (Å²) in [7, 11) is 3.55. The van der Waals surface area contributed by atoms with Gasteiger partial charge in [-0.2, -0.15) is 0 Å². The molecular formula is C23H36N2O2. The maximum absolute atomic E-state index is 5.79. The van der Waals surface area contributed by atoms with Gasteiger partial charge in [-0.1, -0.05) is 19.6 Å². The summed E-state index contributed by atoms with van der Waals surface area (Å²) in [5.74, 6) is 2.58. The SMILES string of the molecule is C=C(OC(C)C)/C(C)=C(/C)C(=NC)N(CCC)Cc1ccc(OC)cc1C. The standard InChI is InChI=1S/C23H36N2O2/c1-10-13-25(15-21-11-12-22(26-9)14-17(21)4)23(24-8)19(6)18(5)20(7)27-16(2)3/h11-12,14,16H,7,10,13,15H2,1-6,8-9H3/b19-18-,24-23?. The predicted octanol–water partition coefficient (Wildman–Crippen LogP) is 5.52. The van der Waals surface area contributed by atoms with Crippen molar-refractivity contribution in [3.8, 4) is 5.75 Å². The Balaban J connectivity index is 3.17. The van der Waals surface area contributed by atoms with E-state index in [0.717, 1.165) is 42.2 Å². The fourth-order valence-electron chi connectivity index (χ4n) is 3.00. The van der Waals surface area contributed by atoms with Crippen molar-refractivity contribution in [2.24, 2.45) is 4.99 Å². The third kappa shape index (κ3) is 6.46. The van der Waals surface area contributed by atoms with Crippen molar-refractivity contribution < 1.29 is 9.47 Å². The molecule has 0 radical (unpaired) electrons. The minimum absolute atomic E-state index is 0.107. The zero-order valence-electron chi connectivity index (χ0n) is 18.3. The monoisotopic (exact) mass is 372 g/mol. The van der Waals surface area contributed by atoms with Crippen LogP contribution in [0.15, 0.2) is 46.7 Å². The Kier molecular flexibility index (Phi) is 9.13. The molecule has 0 bridgehead atoms. The molecule has 0 fully saturated rings. The Labute approximate surface area is 165 Å². The van der Waals surface area contributed by atoms with Gasteiger partial charge in [-0.3, -0.25) is 4.99 Å². The second-order valence-electron chi connectivity index (χ2n) is 7.10. The molecular weight excluding hydrogens is 336 g/mol. The summed E-state index contributed by atoms with van der Waals surface area (Å²) >= 11 is 0. The highest BCUT2D eigenvalue weighted by atomic mass is 16.5. The molecule has 0 saturated carbocycles. The number of hydrogen-bond donors (Lipinski definition) is 0. The Morgan fingerprint density at radius 1 is 1.22 bits per heavy atom. The summed E-state index contributed by atoms with van der Waals surface area (Å²) in [6.45, 7) is 18.3. The average molecular weight is 373 g/mol. The molecule has 0 aliphatic rings. The lowest BCUT2D eigenvalue weighted by Crippen LogP contribution is -2.33. The summed E-state index contributed by atoms with van der Waals surface area (Å²) in [4.78, 5) is 6.94. The summed E-state index contributed by atoms with van der Waals surface area (Å²) in [6, 6.07) is 6.23. The average Bonchev–Trinajstić information content (AvgIpc) is 2.62. The van der Waals surface area contributed by atoms with Crippen LogP contribution in [0.25, 0.3) is 0 Å². The lowest BCUT2D eigenvalue weighted by Gasteiger charge is -2.28. The van der Waals surface area contributed by atoms with E-state index >= 15 is 0 Å². The summed E-state index contributed by atoms with van der Waals surface area (Å²) in [5.41, 5.74) is 4.63. The molecule has 27 heavy (non-hydrogen) atoms. The Hall–Kier alpha value is -2.23. The van der Waals surface area contributed by atoms with Gasteiger partial charge in [0.2, 0.25) is 0 Å². The highest BCUT2D eigenvalue weighted by molar-refractivity contribution is 5.98. The lowest BCUT2D eigenvalue weighted by molar-refractivity contribution is 0.155. The summed E-state index contributed by atoms with van der Waals surface area (Å²) in [6.07, 6.45) is 1.15.